The maximum absolute atomic E-state index is 12.7. The molecule has 1 aliphatic heterocycles. The molecule has 0 radical (unpaired) electrons. The molecule has 0 spiro atoms. The van der Waals surface area contributed by atoms with E-state index in [4.69, 9.17) is 4.74 Å². The Kier molecular flexibility index (Phi) is 5.69. The number of rotatable bonds is 4. The van der Waals surface area contributed by atoms with Gasteiger partial charge in [-0.2, -0.15) is 0 Å². The monoisotopic (exact) mass is 435 g/mol. The molecule has 1 saturated carbocycles. The molecule has 1 amide bonds. The molecule has 0 aromatic heterocycles. The fourth-order valence-corrected chi connectivity index (χ4v) is 5.03. The van der Waals surface area contributed by atoms with Crippen molar-refractivity contribution in [3.8, 4) is 5.75 Å². The standard InChI is InChI=1S/C26H29NO5/c1-16-15-25(2,14-12-20(16)28)13-11-17-9-10-19-21(22(17)29)26(31,18-7-5-4-6-8-18)23(32-3)24(30)27-19/h4-11,13,16,23,29,31H,12,14-15H2,1-3H3,(H,27,30)/b13-11+/t16-,23+,25+,26-/m0/s1. The van der Waals surface area contributed by atoms with E-state index in [0.29, 0.717) is 29.0 Å². The van der Waals surface area contributed by atoms with Crippen LogP contribution in [0.5, 0.6) is 5.75 Å². The number of ketones is 1. The lowest BCUT2D eigenvalue weighted by molar-refractivity contribution is -0.142. The molecule has 4 rings (SSSR count). The second kappa shape index (κ2) is 8.19. The van der Waals surface area contributed by atoms with E-state index in [1.165, 1.54) is 7.11 Å². The smallest absolute Gasteiger partial charge is 0.257 e. The Hall–Kier alpha value is -2.96. The van der Waals surface area contributed by atoms with E-state index >= 15 is 0 Å². The van der Waals surface area contributed by atoms with Crippen LogP contribution in [-0.4, -0.2) is 35.1 Å². The quantitative estimate of drug-likeness (QED) is 0.675. The SMILES string of the molecule is CO[C@@H]1C(=O)Nc2ccc(/C=C/[C@]3(C)CCC(=O)[C@@H](C)C3)c(O)c2[C@@]1(O)c1ccccc1. The number of carbonyl (C=O) groups excluding carboxylic acids is 2. The molecule has 0 saturated heterocycles. The van der Waals surface area contributed by atoms with Crippen molar-refractivity contribution in [2.24, 2.45) is 11.3 Å². The number of aliphatic hydroxyl groups is 1. The van der Waals surface area contributed by atoms with Gasteiger partial charge in [0, 0.05) is 25.0 Å². The van der Waals surface area contributed by atoms with Crippen LogP contribution in [0.15, 0.2) is 48.5 Å². The van der Waals surface area contributed by atoms with Gasteiger partial charge in [-0.3, -0.25) is 9.59 Å². The molecule has 6 heteroatoms. The van der Waals surface area contributed by atoms with Gasteiger partial charge in [0.1, 0.15) is 11.5 Å². The second-order valence-electron chi connectivity index (χ2n) is 9.22. The third kappa shape index (κ3) is 3.63. The number of allylic oxidation sites excluding steroid dienone is 1. The molecule has 1 heterocycles. The fraction of sp³-hybridized carbons (Fsp3) is 0.385. The van der Waals surface area contributed by atoms with E-state index in [2.05, 4.69) is 12.2 Å². The molecule has 1 fully saturated rings. The van der Waals surface area contributed by atoms with E-state index in [-0.39, 0.29) is 22.6 Å². The van der Waals surface area contributed by atoms with Crippen LogP contribution < -0.4 is 5.32 Å². The lowest BCUT2D eigenvalue weighted by Gasteiger charge is -2.40. The van der Waals surface area contributed by atoms with Crippen molar-refractivity contribution in [3.05, 3.63) is 65.2 Å². The zero-order chi connectivity index (χ0) is 23.1. The molecule has 2 aromatic carbocycles. The molecule has 2 aliphatic rings. The minimum Gasteiger partial charge on any atom is -0.507 e. The van der Waals surface area contributed by atoms with Crippen molar-refractivity contribution in [2.75, 3.05) is 12.4 Å². The number of methoxy groups -OCH3 is 1. The van der Waals surface area contributed by atoms with Crippen LogP contribution in [0.25, 0.3) is 6.08 Å². The number of hydrogen-bond acceptors (Lipinski definition) is 5. The average Bonchev–Trinajstić information content (AvgIpc) is 2.77. The predicted molar refractivity (Wildman–Crippen MR) is 122 cm³/mol. The lowest BCUT2D eigenvalue weighted by Crippen LogP contribution is -2.52. The fourth-order valence-electron chi connectivity index (χ4n) is 5.03. The summed E-state index contributed by atoms with van der Waals surface area (Å²) >= 11 is 0. The zero-order valence-corrected chi connectivity index (χ0v) is 18.6. The van der Waals surface area contributed by atoms with Crippen LogP contribution in [0.4, 0.5) is 5.69 Å². The van der Waals surface area contributed by atoms with Crippen LogP contribution in [-0.2, 0) is 19.9 Å². The molecule has 2 aromatic rings. The Morgan fingerprint density at radius 1 is 1.16 bits per heavy atom. The Bertz CT molecular complexity index is 1080. The normalized spacial score (nSPS) is 30.2. The number of fused-ring (bicyclic) bond motifs is 1. The number of anilines is 1. The highest BCUT2D eigenvalue weighted by Crippen LogP contribution is 2.48. The summed E-state index contributed by atoms with van der Waals surface area (Å²) in [6.45, 7) is 4.07. The Labute approximate surface area is 187 Å². The maximum atomic E-state index is 12.7. The van der Waals surface area contributed by atoms with E-state index < -0.39 is 17.6 Å². The molecule has 1 aliphatic carbocycles. The third-order valence-corrected chi connectivity index (χ3v) is 6.85. The first kappa shape index (κ1) is 22.2. The van der Waals surface area contributed by atoms with Crippen molar-refractivity contribution in [3.63, 3.8) is 0 Å². The molecule has 4 atom stereocenters. The van der Waals surface area contributed by atoms with Gasteiger partial charge in [0.15, 0.2) is 11.7 Å². The molecule has 0 unspecified atom stereocenters. The molecule has 6 nitrogen and oxygen atoms in total. The van der Waals surface area contributed by atoms with Gasteiger partial charge in [0.05, 0.1) is 11.3 Å². The van der Waals surface area contributed by atoms with Crippen LogP contribution in [0.2, 0.25) is 0 Å². The summed E-state index contributed by atoms with van der Waals surface area (Å²) in [4.78, 5) is 24.6. The first-order valence-corrected chi connectivity index (χ1v) is 10.9. The molecule has 3 N–H and O–H groups in total. The lowest BCUT2D eigenvalue weighted by atomic mass is 9.70. The number of ether oxygens (including phenoxy) is 1. The number of hydrogen-bond donors (Lipinski definition) is 3. The molecular formula is C26H29NO5. The topological polar surface area (TPSA) is 95.9 Å². The molecular weight excluding hydrogens is 406 g/mol. The van der Waals surface area contributed by atoms with Crippen molar-refractivity contribution < 1.29 is 24.5 Å². The number of amides is 1. The van der Waals surface area contributed by atoms with Gasteiger partial charge in [-0.25, -0.2) is 0 Å². The van der Waals surface area contributed by atoms with Gasteiger partial charge in [0.25, 0.3) is 5.91 Å². The number of benzene rings is 2. The number of aromatic hydroxyl groups is 1. The minimum absolute atomic E-state index is 0.0105. The van der Waals surface area contributed by atoms with Crippen LogP contribution in [0.3, 0.4) is 0 Å². The highest BCUT2D eigenvalue weighted by atomic mass is 16.5. The molecule has 168 valence electrons. The van der Waals surface area contributed by atoms with Crippen LogP contribution in [0.1, 0.15) is 49.8 Å². The van der Waals surface area contributed by atoms with Crippen LogP contribution in [0, 0.1) is 11.3 Å². The Morgan fingerprint density at radius 3 is 2.53 bits per heavy atom. The highest BCUT2D eigenvalue weighted by molar-refractivity contribution is 6.00. The summed E-state index contributed by atoms with van der Waals surface area (Å²) in [6, 6.07) is 12.1. The van der Waals surface area contributed by atoms with Gasteiger partial charge in [-0.05, 0) is 36.0 Å². The van der Waals surface area contributed by atoms with Gasteiger partial charge < -0.3 is 20.3 Å². The van der Waals surface area contributed by atoms with Gasteiger partial charge in [-0.1, -0.05) is 56.3 Å². The number of carbonyl (C=O) groups is 2. The van der Waals surface area contributed by atoms with Crippen molar-refractivity contribution in [1.29, 1.82) is 0 Å². The second-order valence-corrected chi connectivity index (χ2v) is 9.22. The zero-order valence-electron chi connectivity index (χ0n) is 18.6. The summed E-state index contributed by atoms with van der Waals surface area (Å²) in [6.07, 6.45) is 4.70. The third-order valence-electron chi connectivity index (χ3n) is 6.85. The predicted octanol–water partition coefficient (Wildman–Crippen LogP) is 4.00. The molecule has 32 heavy (non-hydrogen) atoms. The molecule has 0 bridgehead atoms. The maximum Gasteiger partial charge on any atom is 0.257 e. The Morgan fingerprint density at radius 2 is 1.88 bits per heavy atom. The van der Waals surface area contributed by atoms with Crippen molar-refractivity contribution in [1.82, 2.24) is 0 Å². The van der Waals surface area contributed by atoms with Gasteiger partial charge in [-0.15, -0.1) is 0 Å². The largest absolute Gasteiger partial charge is 0.507 e. The highest BCUT2D eigenvalue weighted by Gasteiger charge is 2.51. The van der Waals surface area contributed by atoms with E-state index in [9.17, 15) is 19.8 Å². The first-order chi connectivity index (χ1) is 15.2. The van der Waals surface area contributed by atoms with Crippen molar-refractivity contribution >= 4 is 23.5 Å². The summed E-state index contributed by atoms with van der Waals surface area (Å²) in [5, 5.41) is 25.9. The average molecular weight is 436 g/mol. The first-order valence-electron chi connectivity index (χ1n) is 10.9. The number of phenols is 1. The van der Waals surface area contributed by atoms with E-state index in [1.54, 1.807) is 36.4 Å². The number of nitrogens with one attached hydrogen (secondary N) is 1. The summed E-state index contributed by atoms with van der Waals surface area (Å²) in [7, 11) is 1.36. The minimum atomic E-state index is -1.86. The van der Waals surface area contributed by atoms with Crippen LogP contribution >= 0.6 is 0 Å². The van der Waals surface area contributed by atoms with Gasteiger partial charge >= 0.3 is 0 Å². The van der Waals surface area contributed by atoms with E-state index in [1.807, 2.05) is 25.1 Å². The summed E-state index contributed by atoms with van der Waals surface area (Å²) in [5.74, 6) is -0.295. The number of Topliss-reactive ketones (excluding diaryl/α,β-unsaturated/α-hetero) is 1. The summed E-state index contributed by atoms with van der Waals surface area (Å²) < 4.78 is 5.40. The van der Waals surface area contributed by atoms with E-state index in [0.717, 1.165) is 12.8 Å². The summed E-state index contributed by atoms with van der Waals surface area (Å²) in [5.41, 5.74) is -0.505. The number of phenolic OH excluding ortho intramolecular Hbond substituents is 1. The van der Waals surface area contributed by atoms with Gasteiger partial charge in [0.2, 0.25) is 0 Å². The van der Waals surface area contributed by atoms with Crippen molar-refractivity contribution in [2.45, 2.75) is 44.8 Å². The Balaban J connectivity index is 1.80.